The third-order valence-electron chi connectivity index (χ3n) is 1.87. The lowest BCUT2D eigenvalue weighted by Crippen LogP contribution is -2.36. The third-order valence-corrected chi connectivity index (χ3v) is 2.19. The molecule has 0 aliphatic rings. The molecule has 1 unspecified atom stereocenters. The zero-order chi connectivity index (χ0) is 12.0. The van der Waals surface area contributed by atoms with Crippen molar-refractivity contribution < 1.29 is 9.53 Å². The van der Waals surface area contributed by atoms with Gasteiger partial charge in [-0.3, -0.25) is 4.79 Å². The molecule has 1 N–H and O–H groups in total. The molecular formula is C12H12ClNO2. The lowest BCUT2D eigenvalue weighted by Gasteiger charge is -2.14. The number of ether oxygens (including phenoxy) is 1. The summed E-state index contributed by atoms with van der Waals surface area (Å²) in [5.74, 6) is 2.53. The van der Waals surface area contributed by atoms with Crippen molar-refractivity contribution in [3.63, 3.8) is 0 Å². The van der Waals surface area contributed by atoms with Crippen LogP contribution in [-0.2, 0) is 4.79 Å². The summed E-state index contributed by atoms with van der Waals surface area (Å²) in [6, 6.07) is 6.97. The second-order valence-corrected chi connectivity index (χ2v) is 3.52. The number of terminal acetylenes is 1. The van der Waals surface area contributed by atoms with E-state index in [1.54, 1.807) is 31.2 Å². The van der Waals surface area contributed by atoms with Crippen molar-refractivity contribution in [1.82, 2.24) is 5.32 Å². The van der Waals surface area contributed by atoms with Crippen molar-refractivity contribution in [2.45, 2.75) is 13.0 Å². The lowest BCUT2D eigenvalue weighted by atomic mass is 10.3. The number of amides is 1. The van der Waals surface area contributed by atoms with Crippen LogP contribution in [0.15, 0.2) is 24.3 Å². The monoisotopic (exact) mass is 237 g/mol. The fraction of sp³-hybridized carbons (Fsp3) is 0.250. The Hall–Kier alpha value is -1.66. The van der Waals surface area contributed by atoms with Crippen LogP contribution in [0.1, 0.15) is 6.92 Å². The van der Waals surface area contributed by atoms with E-state index >= 15 is 0 Å². The van der Waals surface area contributed by atoms with Crippen LogP contribution in [0.3, 0.4) is 0 Å². The number of rotatable bonds is 4. The summed E-state index contributed by atoms with van der Waals surface area (Å²) >= 11 is 5.89. The molecule has 0 aliphatic carbocycles. The first kappa shape index (κ1) is 12.4. The summed E-state index contributed by atoms with van der Waals surface area (Å²) in [6.45, 7) is 1.82. The number of hydrogen-bond acceptors (Lipinski definition) is 2. The second-order valence-electron chi connectivity index (χ2n) is 3.11. The van der Waals surface area contributed by atoms with Crippen molar-refractivity contribution in [2.75, 3.05) is 6.54 Å². The van der Waals surface area contributed by atoms with Crippen molar-refractivity contribution in [1.29, 1.82) is 0 Å². The Labute approximate surface area is 99.7 Å². The Morgan fingerprint density at radius 2 is 2.31 bits per heavy atom. The van der Waals surface area contributed by atoms with Crippen LogP contribution < -0.4 is 10.1 Å². The molecule has 0 bridgehead atoms. The average Bonchev–Trinajstić information content (AvgIpc) is 2.28. The van der Waals surface area contributed by atoms with Gasteiger partial charge >= 0.3 is 0 Å². The second kappa shape index (κ2) is 6.04. The van der Waals surface area contributed by atoms with Gasteiger partial charge in [0.15, 0.2) is 6.10 Å². The van der Waals surface area contributed by atoms with Gasteiger partial charge in [-0.25, -0.2) is 0 Å². The molecule has 1 rings (SSSR count). The first-order valence-electron chi connectivity index (χ1n) is 4.77. The molecule has 0 heterocycles. The summed E-state index contributed by atoms with van der Waals surface area (Å²) in [6.07, 6.45) is 4.40. The van der Waals surface area contributed by atoms with Crippen LogP contribution in [0.4, 0.5) is 0 Å². The molecule has 1 atom stereocenters. The highest BCUT2D eigenvalue weighted by Crippen LogP contribution is 2.24. The lowest BCUT2D eigenvalue weighted by molar-refractivity contribution is -0.126. The Kier molecular flexibility index (Phi) is 4.68. The van der Waals surface area contributed by atoms with Crippen molar-refractivity contribution in [2.24, 2.45) is 0 Å². The standard InChI is InChI=1S/C12H12ClNO2/c1-3-8-14-12(15)9(2)16-11-7-5-4-6-10(11)13/h1,4-7,9H,8H2,2H3,(H,14,15). The first-order chi connectivity index (χ1) is 7.65. The van der Waals surface area contributed by atoms with E-state index < -0.39 is 6.10 Å². The van der Waals surface area contributed by atoms with E-state index in [1.165, 1.54) is 0 Å². The van der Waals surface area contributed by atoms with Gasteiger partial charge in [0.25, 0.3) is 5.91 Å². The maximum atomic E-state index is 11.4. The molecule has 1 aromatic rings. The number of nitrogens with one attached hydrogen (secondary N) is 1. The van der Waals surface area contributed by atoms with Gasteiger partial charge in [-0.2, -0.15) is 0 Å². The first-order valence-corrected chi connectivity index (χ1v) is 5.15. The molecule has 0 saturated carbocycles. The summed E-state index contributed by atoms with van der Waals surface area (Å²) in [5, 5.41) is 3.00. The molecular weight excluding hydrogens is 226 g/mol. The molecule has 1 aromatic carbocycles. The Bertz CT molecular complexity index is 412. The molecule has 0 radical (unpaired) electrons. The minimum absolute atomic E-state index is 0.190. The highest BCUT2D eigenvalue weighted by atomic mass is 35.5. The molecule has 0 aromatic heterocycles. The van der Waals surface area contributed by atoms with Crippen LogP contribution >= 0.6 is 11.6 Å². The van der Waals surface area contributed by atoms with E-state index in [1.807, 2.05) is 0 Å². The van der Waals surface area contributed by atoms with E-state index in [9.17, 15) is 4.79 Å². The maximum Gasteiger partial charge on any atom is 0.261 e. The van der Waals surface area contributed by atoms with Gasteiger partial charge in [-0.1, -0.05) is 29.7 Å². The van der Waals surface area contributed by atoms with E-state index in [0.717, 1.165) is 0 Å². The fourth-order valence-electron chi connectivity index (χ4n) is 1.07. The smallest absolute Gasteiger partial charge is 0.261 e. The molecule has 0 fully saturated rings. The predicted molar refractivity (Wildman–Crippen MR) is 63.4 cm³/mol. The Morgan fingerprint density at radius 1 is 1.62 bits per heavy atom. The van der Waals surface area contributed by atoms with Gasteiger partial charge in [0.1, 0.15) is 5.75 Å². The fourth-order valence-corrected chi connectivity index (χ4v) is 1.25. The third kappa shape index (κ3) is 3.48. The number of hydrogen-bond donors (Lipinski definition) is 1. The summed E-state index contributed by atoms with van der Waals surface area (Å²) in [5.41, 5.74) is 0. The van der Waals surface area contributed by atoms with Crippen LogP contribution in [0.25, 0.3) is 0 Å². The van der Waals surface area contributed by atoms with Crippen molar-refractivity contribution in [3.05, 3.63) is 29.3 Å². The molecule has 16 heavy (non-hydrogen) atoms. The quantitative estimate of drug-likeness (QED) is 0.812. The summed E-state index contributed by atoms with van der Waals surface area (Å²) in [7, 11) is 0. The highest BCUT2D eigenvalue weighted by molar-refractivity contribution is 6.32. The Balaban J connectivity index is 2.58. The van der Waals surface area contributed by atoms with Gasteiger partial charge in [0, 0.05) is 0 Å². The summed E-state index contributed by atoms with van der Waals surface area (Å²) in [4.78, 5) is 11.4. The summed E-state index contributed by atoms with van der Waals surface area (Å²) < 4.78 is 5.39. The molecule has 84 valence electrons. The molecule has 4 heteroatoms. The SMILES string of the molecule is C#CCNC(=O)C(C)Oc1ccccc1Cl. The number of halogens is 1. The van der Waals surface area contributed by atoms with Gasteiger partial charge < -0.3 is 10.1 Å². The molecule has 3 nitrogen and oxygen atoms in total. The van der Waals surface area contributed by atoms with Gasteiger partial charge in [-0.15, -0.1) is 6.42 Å². The Morgan fingerprint density at radius 3 is 2.94 bits per heavy atom. The zero-order valence-corrected chi connectivity index (χ0v) is 9.62. The normalized spacial score (nSPS) is 11.3. The van der Waals surface area contributed by atoms with Gasteiger partial charge in [0.2, 0.25) is 0 Å². The van der Waals surface area contributed by atoms with Crippen molar-refractivity contribution in [3.8, 4) is 18.1 Å². The molecule has 0 saturated heterocycles. The maximum absolute atomic E-state index is 11.4. The van der Waals surface area contributed by atoms with Crippen LogP contribution in [0, 0.1) is 12.3 Å². The minimum atomic E-state index is -0.631. The average molecular weight is 238 g/mol. The number of carbonyl (C=O) groups excluding carboxylic acids is 1. The molecule has 0 aliphatic heterocycles. The largest absolute Gasteiger partial charge is 0.479 e. The highest BCUT2D eigenvalue weighted by Gasteiger charge is 2.14. The number of benzene rings is 1. The van der Waals surface area contributed by atoms with E-state index in [2.05, 4.69) is 11.2 Å². The molecule has 1 amide bonds. The van der Waals surface area contributed by atoms with Crippen LogP contribution in [-0.4, -0.2) is 18.6 Å². The minimum Gasteiger partial charge on any atom is -0.479 e. The van der Waals surface area contributed by atoms with Crippen LogP contribution in [0.5, 0.6) is 5.75 Å². The van der Waals surface area contributed by atoms with Crippen LogP contribution in [0.2, 0.25) is 5.02 Å². The predicted octanol–water partition coefficient (Wildman–Crippen LogP) is 1.86. The number of carbonyl (C=O) groups is 1. The topological polar surface area (TPSA) is 38.3 Å². The van der Waals surface area contributed by atoms with E-state index in [0.29, 0.717) is 10.8 Å². The number of para-hydroxylation sites is 1. The van der Waals surface area contributed by atoms with Crippen molar-refractivity contribution >= 4 is 17.5 Å². The molecule has 0 spiro atoms. The van der Waals surface area contributed by atoms with E-state index in [4.69, 9.17) is 22.8 Å². The van der Waals surface area contributed by atoms with Gasteiger partial charge in [0.05, 0.1) is 11.6 Å². The van der Waals surface area contributed by atoms with E-state index in [-0.39, 0.29) is 12.5 Å². The zero-order valence-electron chi connectivity index (χ0n) is 8.87. The van der Waals surface area contributed by atoms with Gasteiger partial charge in [-0.05, 0) is 19.1 Å².